The molecule has 0 amide bonds. The van der Waals surface area contributed by atoms with Crippen molar-refractivity contribution in [3.8, 4) is 0 Å². The third-order valence-corrected chi connectivity index (χ3v) is 3.36. The lowest BCUT2D eigenvalue weighted by molar-refractivity contribution is 0.570. The smallest absolute Gasteiger partial charge is 0.273 e. The molecule has 2 N–H and O–H groups in total. The molecule has 88 valence electrons. The number of rotatable bonds is 4. The van der Waals surface area contributed by atoms with Crippen LogP contribution in [0.4, 0.5) is 5.69 Å². The van der Waals surface area contributed by atoms with Gasteiger partial charge in [0.05, 0.1) is 5.69 Å². The zero-order valence-corrected chi connectivity index (χ0v) is 9.96. The van der Waals surface area contributed by atoms with Gasteiger partial charge in [0.1, 0.15) is 0 Å². The lowest BCUT2D eigenvalue weighted by atomic mass is 10.2. The van der Waals surface area contributed by atoms with Gasteiger partial charge in [-0.25, -0.2) is 0 Å². The van der Waals surface area contributed by atoms with E-state index in [1.165, 1.54) is 24.1 Å². The minimum absolute atomic E-state index is 0.0109. The van der Waals surface area contributed by atoms with Gasteiger partial charge in [-0.3, -0.25) is 4.79 Å². The molecule has 0 saturated carbocycles. The first-order valence-electron chi connectivity index (χ1n) is 6.25. The van der Waals surface area contributed by atoms with Gasteiger partial charge >= 0.3 is 0 Å². The summed E-state index contributed by atoms with van der Waals surface area (Å²) in [4.78, 5) is 12.0. The molecule has 1 aliphatic rings. The van der Waals surface area contributed by atoms with Crippen LogP contribution in [0.3, 0.4) is 0 Å². The molecule has 0 saturated heterocycles. The molecule has 1 aliphatic carbocycles. The van der Waals surface area contributed by atoms with Gasteiger partial charge in [0, 0.05) is 12.2 Å². The molecule has 1 aromatic heterocycles. The highest BCUT2D eigenvalue weighted by Gasteiger charge is 2.17. The quantitative estimate of drug-likeness (QED) is 0.790. The van der Waals surface area contributed by atoms with Crippen LogP contribution in [0.5, 0.6) is 0 Å². The van der Waals surface area contributed by atoms with Crippen LogP contribution in [0.15, 0.2) is 10.9 Å². The number of unbranched alkanes of at least 4 members (excludes halogenated alkanes) is 2. The van der Waals surface area contributed by atoms with E-state index in [2.05, 4.69) is 6.92 Å². The summed E-state index contributed by atoms with van der Waals surface area (Å²) < 4.78 is 1.91. The summed E-state index contributed by atoms with van der Waals surface area (Å²) in [5.74, 6) is 0. The van der Waals surface area contributed by atoms with Crippen molar-refractivity contribution in [2.75, 3.05) is 5.73 Å². The van der Waals surface area contributed by atoms with Crippen molar-refractivity contribution in [2.45, 2.75) is 52.0 Å². The fourth-order valence-corrected chi connectivity index (χ4v) is 2.50. The molecule has 1 aromatic rings. The van der Waals surface area contributed by atoms with E-state index in [9.17, 15) is 4.79 Å². The molecule has 0 fully saturated rings. The summed E-state index contributed by atoms with van der Waals surface area (Å²) in [6.07, 6.45) is 6.71. The van der Waals surface area contributed by atoms with E-state index in [4.69, 9.17) is 5.73 Å². The van der Waals surface area contributed by atoms with Crippen molar-refractivity contribution in [3.05, 3.63) is 27.7 Å². The van der Waals surface area contributed by atoms with Gasteiger partial charge in [-0.1, -0.05) is 19.8 Å². The molecular weight excluding hydrogens is 200 g/mol. The Balaban J connectivity index is 2.31. The molecule has 0 radical (unpaired) electrons. The van der Waals surface area contributed by atoms with Crippen LogP contribution in [-0.2, 0) is 19.4 Å². The molecular formula is C13H20N2O. The van der Waals surface area contributed by atoms with Crippen molar-refractivity contribution < 1.29 is 0 Å². The minimum atomic E-state index is 0.0109. The molecule has 16 heavy (non-hydrogen) atoms. The Kier molecular flexibility index (Phi) is 3.32. The van der Waals surface area contributed by atoms with Crippen LogP contribution in [0, 0.1) is 0 Å². The molecule has 0 aliphatic heterocycles. The molecule has 3 heteroatoms. The highest BCUT2D eigenvalue weighted by molar-refractivity contribution is 5.42. The number of nitrogens with zero attached hydrogens (tertiary/aromatic N) is 1. The summed E-state index contributed by atoms with van der Waals surface area (Å²) in [5.41, 5.74) is 8.71. The molecule has 0 atom stereocenters. The van der Waals surface area contributed by atoms with E-state index < -0.39 is 0 Å². The van der Waals surface area contributed by atoms with Crippen molar-refractivity contribution in [1.29, 1.82) is 0 Å². The molecule has 0 spiro atoms. The Morgan fingerprint density at radius 1 is 1.38 bits per heavy atom. The average Bonchev–Trinajstić information content (AvgIpc) is 2.71. The number of aromatic nitrogens is 1. The second-order valence-corrected chi connectivity index (χ2v) is 4.59. The predicted octanol–water partition coefficient (Wildman–Crippen LogP) is 2.11. The first kappa shape index (κ1) is 11.2. The van der Waals surface area contributed by atoms with Gasteiger partial charge in [-0.2, -0.15) is 0 Å². The molecule has 3 nitrogen and oxygen atoms in total. The first-order valence-corrected chi connectivity index (χ1v) is 6.25. The highest BCUT2D eigenvalue weighted by atomic mass is 16.1. The Hall–Kier alpha value is -1.25. The first-order chi connectivity index (χ1) is 7.74. The Morgan fingerprint density at radius 3 is 2.94 bits per heavy atom. The number of fused-ring (bicyclic) bond motifs is 1. The minimum Gasteiger partial charge on any atom is -0.394 e. The third-order valence-electron chi connectivity index (χ3n) is 3.36. The molecule has 0 aromatic carbocycles. The normalized spacial score (nSPS) is 14.1. The van der Waals surface area contributed by atoms with Gasteiger partial charge in [-0.05, 0) is 37.3 Å². The van der Waals surface area contributed by atoms with Gasteiger partial charge < -0.3 is 10.3 Å². The van der Waals surface area contributed by atoms with Crippen molar-refractivity contribution >= 4 is 5.69 Å². The molecule has 1 heterocycles. The second-order valence-electron chi connectivity index (χ2n) is 4.59. The maximum Gasteiger partial charge on any atom is 0.273 e. The summed E-state index contributed by atoms with van der Waals surface area (Å²) >= 11 is 0. The topological polar surface area (TPSA) is 48.0 Å². The lowest BCUT2D eigenvalue weighted by Crippen LogP contribution is -2.26. The Labute approximate surface area is 96.3 Å². The van der Waals surface area contributed by atoms with E-state index in [0.717, 1.165) is 32.2 Å². The van der Waals surface area contributed by atoms with Gasteiger partial charge in [0.25, 0.3) is 5.56 Å². The highest BCUT2D eigenvalue weighted by Crippen LogP contribution is 2.22. The van der Waals surface area contributed by atoms with Crippen LogP contribution < -0.4 is 11.3 Å². The average molecular weight is 220 g/mol. The number of pyridine rings is 1. The summed E-state index contributed by atoms with van der Waals surface area (Å²) in [6.45, 7) is 3.01. The number of aryl methyl sites for hydroxylation is 1. The SMILES string of the molecule is CCCCCn1c2c(cc(N)c1=O)CCC2. The number of hydrogen-bond acceptors (Lipinski definition) is 2. The lowest BCUT2D eigenvalue weighted by Gasteiger charge is -2.12. The molecule has 0 unspecified atom stereocenters. The molecule has 2 rings (SSSR count). The standard InChI is InChI=1S/C13H20N2O/c1-2-3-4-8-15-12-7-5-6-10(12)9-11(14)13(15)16/h9H,2-8,14H2,1H3. The Bertz CT molecular complexity index is 434. The van der Waals surface area contributed by atoms with Crippen LogP contribution in [0.25, 0.3) is 0 Å². The van der Waals surface area contributed by atoms with Crippen LogP contribution in [0.2, 0.25) is 0 Å². The summed E-state index contributed by atoms with van der Waals surface area (Å²) in [5, 5.41) is 0. The number of nitrogens with two attached hydrogens (primary N) is 1. The maximum absolute atomic E-state index is 12.0. The summed E-state index contributed by atoms with van der Waals surface area (Å²) in [7, 11) is 0. The predicted molar refractivity (Wildman–Crippen MR) is 66.7 cm³/mol. The van der Waals surface area contributed by atoms with Crippen molar-refractivity contribution in [2.24, 2.45) is 0 Å². The maximum atomic E-state index is 12.0. The number of nitrogen functional groups attached to an aromatic ring is 1. The zero-order valence-electron chi connectivity index (χ0n) is 9.96. The fourth-order valence-electron chi connectivity index (χ4n) is 2.50. The second kappa shape index (κ2) is 4.73. The van der Waals surface area contributed by atoms with Gasteiger partial charge in [0.2, 0.25) is 0 Å². The van der Waals surface area contributed by atoms with Crippen LogP contribution in [0.1, 0.15) is 43.9 Å². The monoisotopic (exact) mass is 220 g/mol. The molecule has 0 bridgehead atoms. The number of hydrogen-bond donors (Lipinski definition) is 1. The fraction of sp³-hybridized carbons (Fsp3) is 0.615. The van der Waals surface area contributed by atoms with Crippen LogP contribution in [-0.4, -0.2) is 4.57 Å². The summed E-state index contributed by atoms with van der Waals surface area (Å²) in [6, 6.07) is 1.88. The number of anilines is 1. The van der Waals surface area contributed by atoms with E-state index in [-0.39, 0.29) is 5.56 Å². The van der Waals surface area contributed by atoms with Gasteiger partial charge in [0.15, 0.2) is 0 Å². The van der Waals surface area contributed by atoms with Crippen molar-refractivity contribution in [3.63, 3.8) is 0 Å². The van der Waals surface area contributed by atoms with E-state index in [1.807, 2.05) is 10.6 Å². The van der Waals surface area contributed by atoms with Gasteiger partial charge in [-0.15, -0.1) is 0 Å². The largest absolute Gasteiger partial charge is 0.394 e. The van der Waals surface area contributed by atoms with Crippen LogP contribution >= 0.6 is 0 Å². The van der Waals surface area contributed by atoms with Crippen molar-refractivity contribution in [1.82, 2.24) is 4.57 Å². The zero-order chi connectivity index (χ0) is 11.5. The Morgan fingerprint density at radius 2 is 2.19 bits per heavy atom. The van der Waals surface area contributed by atoms with E-state index >= 15 is 0 Å². The van der Waals surface area contributed by atoms with E-state index in [1.54, 1.807) is 0 Å². The van der Waals surface area contributed by atoms with E-state index in [0.29, 0.717) is 5.69 Å². The third kappa shape index (κ3) is 1.99.